The Morgan fingerprint density at radius 2 is 1.90 bits per heavy atom. The predicted molar refractivity (Wildman–Crippen MR) is 83.0 cm³/mol. The first kappa shape index (κ1) is 15.8. The van der Waals surface area contributed by atoms with Gasteiger partial charge in [0, 0.05) is 5.41 Å². The largest absolute Gasteiger partial charge is 0.496 e. The van der Waals surface area contributed by atoms with Gasteiger partial charge < -0.3 is 14.9 Å². The Balaban J connectivity index is 2.21. The molecule has 0 heterocycles. The highest BCUT2D eigenvalue weighted by atomic mass is 79.9. The van der Waals surface area contributed by atoms with E-state index < -0.39 is 5.41 Å². The summed E-state index contributed by atoms with van der Waals surface area (Å²) in [7, 11) is 1.64. The number of hydrogen-bond acceptors (Lipinski definition) is 3. The van der Waals surface area contributed by atoms with E-state index in [0.717, 1.165) is 28.6 Å². The van der Waals surface area contributed by atoms with Gasteiger partial charge in [-0.3, -0.25) is 0 Å². The van der Waals surface area contributed by atoms with Crippen molar-refractivity contribution < 1.29 is 14.9 Å². The van der Waals surface area contributed by atoms with Gasteiger partial charge in [0.2, 0.25) is 0 Å². The zero-order valence-corrected chi connectivity index (χ0v) is 13.5. The van der Waals surface area contributed by atoms with Crippen LogP contribution >= 0.6 is 15.9 Å². The molecule has 0 aliphatic heterocycles. The number of hydrogen-bond donors (Lipinski definition) is 2. The van der Waals surface area contributed by atoms with Crippen LogP contribution in [0, 0.1) is 11.3 Å². The molecule has 1 aromatic carbocycles. The van der Waals surface area contributed by atoms with Gasteiger partial charge in [-0.15, -0.1) is 0 Å². The molecule has 2 rings (SSSR count). The molecule has 0 unspecified atom stereocenters. The molecule has 0 radical (unpaired) electrons. The van der Waals surface area contributed by atoms with E-state index in [1.807, 2.05) is 18.2 Å². The van der Waals surface area contributed by atoms with E-state index in [2.05, 4.69) is 15.9 Å². The summed E-state index contributed by atoms with van der Waals surface area (Å²) >= 11 is 3.49. The molecule has 0 bridgehead atoms. The second kappa shape index (κ2) is 6.92. The fraction of sp³-hybridized carbons (Fsp3) is 0.625. The van der Waals surface area contributed by atoms with E-state index in [1.165, 1.54) is 12.8 Å². The van der Waals surface area contributed by atoms with Gasteiger partial charge in [0.15, 0.2) is 0 Å². The predicted octanol–water partition coefficient (Wildman–Crippen LogP) is 3.16. The molecule has 20 heavy (non-hydrogen) atoms. The van der Waals surface area contributed by atoms with Crippen molar-refractivity contribution in [1.29, 1.82) is 0 Å². The summed E-state index contributed by atoms with van der Waals surface area (Å²) in [5.74, 6) is 1.21. The first-order chi connectivity index (χ1) is 9.65. The molecule has 0 amide bonds. The van der Waals surface area contributed by atoms with E-state index >= 15 is 0 Å². The molecule has 1 aliphatic rings. The number of aliphatic hydroxyl groups excluding tert-OH is 2. The van der Waals surface area contributed by atoms with Gasteiger partial charge in [0.25, 0.3) is 0 Å². The Morgan fingerprint density at radius 1 is 1.25 bits per heavy atom. The third kappa shape index (κ3) is 3.18. The van der Waals surface area contributed by atoms with Gasteiger partial charge >= 0.3 is 0 Å². The Labute approximate surface area is 129 Å². The van der Waals surface area contributed by atoms with Crippen LogP contribution in [0.4, 0.5) is 0 Å². The van der Waals surface area contributed by atoms with Crippen molar-refractivity contribution in [3.8, 4) is 5.75 Å². The molecule has 0 saturated heterocycles. The van der Waals surface area contributed by atoms with E-state index in [1.54, 1.807) is 7.11 Å². The van der Waals surface area contributed by atoms with Crippen molar-refractivity contribution in [2.75, 3.05) is 20.3 Å². The normalized spacial score (nSPS) is 16.6. The Morgan fingerprint density at radius 3 is 2.40 bits per heavy atom. The number of ether oxygens (including phenoxy) is 1. The summed E-state index contributed by atoms with van der Waals surface area (Å²) in [5.41, 5.74) is 0.720. The molecule has 2 N–H and O–H groups in total. The molecule has 0 aromatic heterocycles. The van der Waals surface area contributed by atoms with E-state index in [9.17, 15) is 10.2 Å². The topological polar surface area (TPSA) is 49.7 Å². The molecule has 1 saturated carbocycles. The molecular weight excluding hydrogens is 320 g/mol. The average molecular weight is 343 g/mol. The van der Waals surface area contributed by atoms with Crippen molar-refractivity contribution in [3.05, 3.63) is 28.2 Å². The molecular formula is C16H23BrO3. The Bertz CT molecular complexity index is 437. The molecule has 1 aliphatic carbocycles. The van der Waals surface area contributed by atoms with Gasteiger partial charge in [-0.05, 0) is 58.8 Å². The number of benzene rings is 1. The second-order valence-corrected chi connectivity index (χ2v) is 6.66. The third-order valence-electron chi connectivity index (χ3n) is 4.62. The lowest BCUT2D eigenvalue weighted by Gasteiger charge is -2.36. The second-order valence-electron chi connectivity index (χ2n) is 5.81. The van der Waals surface area contributed by atoms with Crippen LogP contribution in [0.15, 0.2) is 22.7 Å². The summed E-state index contributed by atoms with van der Waals surface area (Å²) in [6, 6.07) is 5.96. The first-order valence-electron chi connectivity index (χ1n) is 7.19. The quantitative estimate of drug-likeness (QED) is 0.834. The summed E-state index contributed by atoms with van der Waals surface area (Å²) < 4.78 is 6.15. The molecule has 112 valence electrons. The first-order valence-corrected chi connectivity index (χ1v) is 7.98. The lowest BCUT2D eigenvalue weighted by atomic mass is 9.71. The van der Waals surface area contributed by atoms with Crippen LogP contribution in [0.3, 0.4) is 0 Å². The summed E-state index contributed by atoms with van der Waals surface area (Å²) in [5, 5.41) is 19.7. The summed E-state index contributed by atoms with van der Waals surface area (Å²) in [6.45, 7) is 0.0790. The van der Waals surface area contributed by atoms with Crippen molar-refractivity contribution in [2.24, 2.45) is 11.3 Å². The zero-order chi connectivity index (χ0) is 14.6. The highest BCUT2D eigenvalue weighted by Gasteiger charge is 2.39. The standard InChI is InChI=1S/C16H23BrO3/c1-20-15-7-6-12(8-14(15)17)9-16(10-18,11-19)13-4-2-3-5-13/h6-8,13,18-19H,2-5,9-11H2,1H3. The maximum Gasteiger partial charge on any atom is 0.133 e. The third-order valence-corrected chi connectivity index (χ3v) is 5.24. The maximum atomic E-state index is 9.87. The molecule has 0 spiro atoms. The van der Waals surface area contributed by atoms with Crippen molar-refractivity contribution >= 4 is 15.9 Å². The van der Waals surface area contributed by atoms with Crippen molar-refractivity contribution in [2.45, 2.75) is 32.1 Å². The molecule has 1 aromatic rings. The van der Waals surface area contributed by atoms with Gasteiger partial charge in [0.1, 0.15) is 5.75 Å². The van der Waals surface area contributed by atoms with Crippen LogP contribution in [0.5, 0.6) is 5.75 Å². The molecule has 4 heteroatoms. The van der Waals surface area contributed by atoms with Crippen molar-refractivity contribution in [1.82, 2.24) is 0 Å². The van der Waals surface area contributed by atoms with Crippen LogP contribution in [-0.4, -0.2) is 30.5 Å². The van der Waals surface area contributed by atoms with E-state index in [0.29, 0.717) is 12.3 Å². The minimum absolute atomic E-state index is 0.0395. The zero-order valence-electron chi connectivity index (χ0n) is 11.9. The van der Waals surface area contributed by atoms with E-state index in [4.69, 9.17) is 4.74 Å². The maximum absolute atomic E-state index is 9.87. The van der Waals surface area contributed by atoms with E-state index in [-0.39, 0.29) is 13.2 Å². The highest BCUT2D eigenvalue weighted by Crippen LogP contribution is 2.42. The summed E-state index contributed by atoms with van der Waals surface area (Å²) in [6.07, 6.45) is 5.33. The van der Waals surface area contributed by atoms with Crippen LogP contribution in [-0.2, 0) is 6.42 Å². The Kier molecular flexibility index (Phi) is 5.47. The number of rotatable bonds is 6. The summed E-state index contributed by atoms with van der Waals surface area (Å²) in [4.78, 5) is 0. The highest BCUT2D eigenvalue weighted by molar-refractivity contribution is 9.10. The minimum atomic E-state index is -0.398. The Hall–Kier alpha value is -0.580. The smallest absolute Gasteiger partial charge is 0.133 e. The van der Waals surface area contributed by atoms with Gasteiger partial charge in [-0.2, -0.15) is 0 Å². The SMILES string of the molecule is COc1ccc(CC(CO)(CO)C2CCCC2)cc1Br. The average Bonchev–Trinajstić information content (AvgIpc) is 3.00. The van der Waals surface area contributed by atoms with Crippen LogP contribution in [0.2, 0.25) is 0 Å². The number of halogens is 1. The lowest BCUT2D eigenvalue weighted by Crippen LogP contribution is -2.39. The molecule has 1 fully saturated rings. The van der Waals surface area contributed by atoms with Crippen LogP contribution in [0.1, 0.15) is 31.2 Å². The number of methoxy groups -OCH3 is 1. The minimum Gasteiger partial charge on any atom is -0.496 e. The monoisotopic (exact) mass is 342 g/mol. The fourth-order valence-electron chi connectivity index (χ4n) is 3.33. The van der Waals surface area contributed by atoms with Gasteiger partial charge in [-0.25, -0.2) is 0 Å². The lowest BCUT2D eigenvalue weighted by molar-refractivity contribution is 0.00569. The fourth-order valence-corrected chi connectivity index (χ4v) is 3.92. The van der Waals surface area contributed by atoms with Gasteiger partial charge in [-0.1, -0.05) is 18.9 Å². The number of aliphatic hydroxyl groups is 2. The van der Waals surface area contributed by atoms with Gasteiger partial charge in [0.05, 0.1) is 24.8 Å². The molecule has 3 nitrogen and oxygen atoms in total. The van der Waals surface area contributed by atoms with Crippen molar-refractivity contribution in [3.63, 3.8) is 0 Å². The van der Waals surface area contributed by atoms with Crippen LogP contribution < -0.4 is 4.74 Å². The molecule has 0 atom stereocenters. The van der Waals surface area contributed by atoms with Crippen LogP contribution in [0.25, 0.3) is 0 Å².